The van der Waals surface area contributed by atoms with E-state index in [4.69, 9.17) is 10.5 Å². The first-order valence-corrected chi connectivity index (χ1v) is 12.2. The molecule has 3 N–H and O–H groups in total. The molecule has 3 aromatic rings. The van der Waals surface area contributed by atoms with Crippen molar-refractivity contribution >= 4 is 29.2 Å². The molecule has 9 heteroatoms. The molecule has 0 radical (unpaired) electrons. The van der Waals surface area contributed by atoms with E-state index in [2.05, 4.69) is 17.1 Å². The molecule has 1 amide bonds. The highest BCUT2D eigenvalue weighted by molar-refractivity contribution is 8.00. The van der Waals surface area contributed by atoms with Gasteiger partial charge in [-0.25, -0.2) is 4.79 Å². The van der Waals surface area contributed by atoms with Crippen molar-refractivity contribution in [2.75, 3.05) is 30.1 Å². The van der Waals surface area contributed by atoms with Gasteiger partial charge < -0.3 is 10.5 Å². The standard InChI is InChI=1S/C25H28N4O4S/c1-33-13-12-28-23(26)22(24(31)27-25(28)32)29(15-17-6-3-2-4-7-17)21(30)16-34-20-11-10-18-8-5-9-19(18)14-20/h2-4,6-7,10-11,14H,5,8-9,12-13,15-16,26H2,1H3,(H,27,31,32). The summed E-state index contributed by atoms with van der Waals surface area (Å²) in [6.45, 7) is 0.540. The quantitative estimate of drug-likeness (QED) is 0.456. The molecule has 8 nitrogen and oxygen atoms in total. The van der Waals surface area contributed by atoms with Crippen molar-refractivity contribution in [2.45, 2.75) is 37.2 Å². The number of ether oxygens (including phenoxy) is 1. The van der Waals surface area contributed by atoms with Gasteiger partial charge in [0.2, 0.25) is 5.91 Å². The zero-order valence-corrected chi connectivity index (χ0v) is 19.9. The zero-order valence-electron chi connectivity index (χ0n) is 19.1. The second kappa shape index (κ2) is 10.8. The second-order valence-corrected chi connectivity index (χ2v) is 9.22. The number of carbonyl (C=O) groups excluding carboxylic acids is 1. The Morgan fingerprint density at radius 2 is 1.91 bits per heavy atom. The summed E-state index contributed by atoms with van der Waals surface area (Å²) >= 11 is 1.43. The Balaban J connectivity index is 1.65. The molecule has 0 unspecified atom stereocenters. The first-order valence-electron chi connectivity index (χ1n) is 11.2. The minimum Gasteiger partial charge on any atom is -0.383 e. The smallest absolute Gasteiger partial charge is 0.330 e. The van der Waals surface area contributed by atoms with E-state index in [-0.39, 0.29) is 42.9 Å². The van der Waals surface area contributed by atoms with E-state index in [0.29, 0.717) is 0 Å². The van der Waals surface area contributed by atoms with Gasteiger partial charge in [-0.05, 0) is 48.1 Å². The molecule has 0 atom stereocenters. The van der Waals surface area contributed by atoms with Gasteiger partial charge in [-0.3, -0.25) is 24.0 Å². The fourth-order valence-electron chi connectivity index (χ4n) is 4.16. The summed E-state index contributed by atoms with van der Waals surface area (Å²) < 4.78 is 6.28. The van der Waals surface area contributed by atoms with Gasteiger partial charge in [-0.2, -0.15) is 0 Å². The first-order chi connectivity index (χ1) is 16.5. The molecule has 34 heavy (non-hydrogen) atoms. The molecule has 0 saturated heterocycles. The van der Waals surface area contributed by atoms with E-state index in [1.807, 2.05) is 36.4 Å². The number of anilines is 2. The summed E-state index contributed by atoms with van der Waals surface area (Å²) in [6, 6.07) is 15.7. The molecule has 0 aliphatic heterocycles. The first kappa shape index (κ1) is 23.8. The monoisotopic (exact) mass is 480 g/mol. The SMILES string of the molecule is COCCn1c(N)c(N(Cc2ccccc2)C(=O)CSc2ccc3c(c2)CCC3)c(=O)[nH]c1=O. The molecule has 1 aliphatic carbocycles. The Morgan fingerprint density at radius 1 is 1.15 bits per heavy atom. The fraction of sp³-hybridized carbons (Fsp3) is 0.320. The van der Waals surface area contributed by atoms with Gasteiger partial charge in [0.25, 0.3) is 5.56 Å². The van der Waals surface area contributed by atoms with Gasteiger partial charge in [0.15, 0.2) is 5.69 Å². The number of aryl methyl sites for hydroxylation is 2. The lowest BCUT2D eigenvalue weighted by Gasteiger charge is -2.24. The number of carbonyl (C=O) groups is 1. The van der Waals surface area contributed by atoms with Crippen molar-refractivity contribution in [1.82, 2.24) is 9.55 Å². The number of nitrogen functional groups attached to an aromatic ring is 1. The van der Waals surface area contributed by atoms with E-state index in [1.54, 1.807) is 0 Å². The van der Waals surface area contributed by atoms with Crippen molar-refractivity contribution in [3.8, 4) is 0 Å². The molecule has 0 fully saturated rings. The van der Waals surface area contributed by atoms with Crippen LogP contribution >= 0.6 is 11.8 Å². The number of nitrogens with zero attached hydrogens (tertiary/aromatic N) is 2. The number of fused-ring (bicyclic) bond motifs is 1. The van der Waals surface area contributed by atoms with Crippen LogP contribution in [0.25, 0.3) is 0 Å². The molecule has 0 bridgehead atoms. The Hall–Kier alpha value is -3.30. The minimum atomic E-state index is -0.692. The predicted octanol–water partition coefficient (Wildman–Crippen LogP) is 2.58. The molecule has 1 aromatic heterocycles. The lowest BCUT2D eigenvalue weighted by atomic mass is 10.1. The second-order valence-electron chi connectivity index (χ2n) is 8.18. The highest BCUT2D eigenvalue weighted by Crippen LogP contribution is 2.28. The lowest BCUT2D eigenvalue weighted by Crippen LogP contribution is -2.41. The summed E-state index contributed by atoms with van der Waals surface area (Å²) in [6.07, 6.45) is 3.33. The maximum absolute atomic E-state index is 13.5. The Labute approximate surface area is 201 Å². The van der Waals surface area contributed by atoms with Gasteiger partial charge in [-0.1, -0.05) is 36.4 Å². The number of aromatic nitrogens is 2. The van der Waals surface area contributed by atoms with Gasteiger partial charge in [0.1, 0.15) is 5.82 Å². The summed E-state index contributed by atoms with van der Waals surface area (Å²) in [7, 11) is 1.51. The largest absolute Gasteiger partial charge is 0.383 e. The van der Waals surface area contributed by atoms with E-state index >= 15 is 0 Å². The topological polar surface area (TPSA) is 110 Å². The molecule has 0 saturated carbocycles. The average molecular weight is 481 g/mol. The zero-order chi connectivity index (χ0) is 24.1. The maximum Gasteiger partial charge on any atom is 0.330 e. The third kappa shape index (κ3) is 5.26. The van der Waals surface area contributed by atoms with Crippen LogP contribution in [0.1, 0.15) is 23.1 Å². The molecule has 1 heterocycles. The van der Waals surface area contributed by atoms with E-state index < -0.39 is 11.2 Å². The van der Waals surface area contributed by atoms with Crippen molar-refractivity contribution in [3.63, 3.8) is 0 Å². The van der Waals surface area contributed by atoms with Gasteiger partial charge in [-0.15, -0.1) is 11.8 Å². The van der Waals surface area contributed by atoms with E-state index in [1.165, 1.54) is 39.5 Å². The number of nitrogens with one attached hydrogen (secondary N) is 1. The van der Waals surface area contributed by atoms with Crippen LogP contribution in [-0.2, 0) is 35.5 Å². The van der Waals surface area contributed by atoms with E-state index in [0.717, 1.165) is 29.7 Å². The van der Waals surface area contributed by atoms with Crippen molar-refractivity contribution in [1.29, 1.82) is 0 Å². The Kier molecular flexibility index (Phi) is 7.54. The van der Waals surface area contributed by atoms with Gasteiger partial charge in [0, 0.05) is 12.0 Å². The number of hydrogen-bond donors (Lipinski definition) is 2. The summed E-state index contributed by atoms with van der Waals surface area (Å²) in [5.41, 5.74) is 8.47. The summed E-state index contributed by atoms with van der Waals surface area (Å²) in [5, 5.41) is 0. The number of aromatic amines is 1. The maximum atomic E-state index is 13.5. The minimum absolute atomic E-state index is 0.0286. The highest BCUT2D eigenvalue weighted by atomic mass is 32.2. The number of H-pyrrole nitrogens is 1. The van der Waals surface area contributed by atoms with Crippen LogP contribution in [0.15, 0.2) is 63.0 Å². The van der Waals surface area contributed by atoms with Gasteiger partial charge >= 0.3 is 5.69 Å². The fourth-order valence-corrected chi connectivity index (χ4v) is 5.00. The third-order valence-electron chi connectivity index (χ3n) is 5.92. The Bertz CT molecular complexity index is 1290. The molecular weight excluding hydrogens is 452 g/mol. The van der Waals surface area contributed by atoms with Crippen LogP contribution in [0.3, 0.4) is 0 Å². The molecular formula is C25H28N4O4S. The number of benzene rings is 2. The average Bonchev–Trinajstić information content (AvgIpc) is 3.30. The summed E-state index contributed by atoms with van der Waals surface area (Å²) in [5.74, 6) is -0.206. The predicted molar refractivity (Wildman–Crippen MR) is 134 cm³/mol. The summed E-state index contributed by atoms with van der Waals surface area (Å²) in [4.78, 5) is 43.3. The van der Waals surface area contributed by atoms with Crippen molar-refractivity contribution in [2.24, 2.45) is 0 Å². The molecule has 178 valence electrons. The van der Waals surface area contributed by atoms with E-state index in [9.17, 15) is 14.4 Å². The number of nitrogens with two attached hydrogens (primary N) is 1. The van der Waals surface area contributed by atoms with Crippen LogP contribution in [-0.4, -0.2) is 34.9 Å². The van der Waals surface area contributed by atoms with Crippen molar-refractivity contribution < 1.29 is 9.53 Å². The van der Waals surface area contributed by atoms with Crippen molar-refractivity contribution in [3.05, 3.63) is 86.1 Å². The van der Waals surface area contributed by atoms with Crippen LogP contribution in [0.5, 0.6) is 0 Å². The number of amides is 1. The number of thioether (sulfide) groups is 1. The molecule has 4 rings (SSSR count). The van der Waals surface area contributed by atoms with Crippen LogP contribution < -0.4 is 21.9 Å². The van der Waals surface area contributed by atoms with Gasteiger partial charge in [0.05, 0.1) is 25.4 Å². The lowest BCUT2D eigenvalue weighted by molar-refractivity contribution is -0.116. The normalized spacial score (nSPS) is 12.5. The molecule has 2 aromatic carbocycles. The number of rotatable bonds is 9. The number of methoxy groups -OCH3 is 1. The van der Waals surface area contributed by atoms with Crippen LogP contribution in [0, 0.1) is 0 Å². The Morgan fingerprint density at radius 3 is 2.68 bits per heavy atom. The number of hydrogen-bond acceptors (Lipinski definition) is 6. The highest BCUT2D eigenvalue weighted by Gasteiger charge is 2.25. The molecule has 0 spiro atoms. The molecule has 1 aliphatic rings. The van der Waals surface area contributed by atoms with Crippen LogP contribution in [0.2, 0.25) is 0 Å². The van der Waals surface area contributed by atoms with Crippen LogP contribution in [0.4, 0.5) is 11.5 Å². The third-order valence-corrected chi connectivity index (χ3v) is 6.90.